The first-order chi connectivity index (χ1) is 15.9. The van der Waals surface area contributed by atoms with E-state index < -0.39 is 0 Å². The standard InChI is InChI=1S/C28H39NO4S/c1-8-32-26(31)24-21-14-9-18(2)15-22(21)34-25(24)29-23(30)16-33-20-12-10-19(11-13-20)28(6,7)17-27(3,4)5/h10-13,18H,8-9,14-17H2,1-7H3,(H,29,30). The van der Waals surface area contributed by atoms with Gasteiger partial charge in [0.1, 0.15) is 10.8 Å². The monoisotopic (exact) mass is 485 g/mol. The van der Waals surface area contributed by atoms with Crippen molar-refractivity contribution >= 4 is 28.2 Å². The highest BCUT2D eigenvalue weighted by Gasteiger charge is 2.29. The van der Waals surface area contributed by atoms with Gasteiger partial charge in [-0.25, -0.2) is 4.79 Å². The molecule has 6 heteroatoms. The minimum Gasteiger partial charge on any atom is -0.484 e. The average molecular weight is 486 g/mol. The molecule has 1 N–H and O–H groups in total. The van der Waals surface area contributed by atoms with Crippen LogP contribution in [0.4, 0.5) is 5.00 Å². The number of carbonyl (C=O) groups excluding carboxylic acids is 2. The van der Waals surface area contributed by atoms with Crippen molar-refractivity contribution in [3.05, 3.63) is 45.8 Å². The molecule has 0 fully saturated rings. The number of esters is 1. The van der Waals surface area contributed by atoms with Crippen LogP contribution < -0.4 is 10.1 Å². The fourth-order valence-electron chi connectivity index (χ4n) is 5.00. The highest BCUT2D eigenvalue weighted by atomic mass is 32.1. The number of anilines is 1. The largest absolute Gasteiger partial charge is 0.484 e. The topological polar surface area (TPSA) is 64.6 Å². The van der Waals surface area contributed by atoms with Crippen LogP contribution in [-0.4, -0.2) is 25.1 Å². The molecule has 1 aromatic heterocycles. The second-order valence-electron chi connectivity index (χ2n) is 11.3. The maximum absolute atomic E-state index is 12.7. The van der Waals surface area contributed by atoms with Crippen molar-refractivity contribution in [1.29, 1.82) is 0 Å². The van der Waals surface area contributed by atoms with Crippen LogP contribution in [0.5, 0.6) is 5.75 Å². The van der Waals surface area contributed by atoms with Crippen molar-refractivity contribution in [2.24, 2.45) is 11.3 Å². The summed E-state index contributed by atoms with van der Waals surface area (Å²) in [7, 11) is 0. The number of carbonyl (C=O) groups is 2. The minimum absolute atomic E-state index is 0.0490. The summed E-state index contributed by atoms with van der Waals surface area (Å²) < 4.78 is 11.0. The van der Waals surface area contributed by atoms with Crippen LogP contribution in [0.2, 0.25) is 0 Å². The van der Waals surface area contributed by atoms with E-state index in [0.29, 0.717) is 28.8 Å². The van der Waals surface area contributed by atoms with Crippen LogP contribution in [0.3, 0.4) is 0 Å². The molecule has 186 valence electrons. The summed E-state index contributed by atoms with van der Waals surface area (Å²) in [6.45, 7) is 15.5. The van der Waals surface area contributed by atoms with E-state index in [1.165, 1.54) is 21.8 Å². The smallest absolute Gasteiger partial charge is 0.341 e. The number of benzene rings is 1. The van der Waals surface area contributed by atoms with Crippen molar-refractivity contribution < 1.29 is 19.1 Å². The van der Waals surface area contributed by atoms with E-state index in [2.05, 4.69) is 59.0 Å². The summed E-state index contributed by atoms with van der Waals surface area (Å²) in [5, 5.41) is 3.48. The van der Waals surface area contributed by atoms with Gasteiger partial charge in [0.15, 0.2) is 6.61 Å². The first-order valence-corrected chi connectivity index (χ1v) is 13.1. The molecule has 1 aliphatic carbocycles. The number of fused-ring (bicyclic) bond motifs is 1. The summed E-state index contributed by atoms with van der Waals surface area (Å²) in [5.41, 5.74) is 3.08. The molecule has 0 bridgehead atoms. The van der Waals surface area contributed by atoms with Gasteiger partial charge in [-0.05, 0) is 72.6 Å². The predicted octanol–water partition coefficient (Wildman–Crippen LogP) is 6.78. The van der Waals surface area contributed by atoms with Crippen molar-refractivity contribution in [1.82, 2.24) is 0 Å². The molecule has 0 spiro atoms. The summed E-state index contributed by atoms with van der Waals surface area (Å²) in [4.78, 5) is 26.5. The average Bonchev–Trinajstić information content (AvgIpc) is 3.07. The van der Waals surface area contributed by atoms with Crippen LogP contribution in [0, 0.1) is 11.3 Å². The summed E-state index contributed by atoms with van der Waals surface area (Å²) in [6.07, 6.45) is 3.87. The van der Waals surface area contributed by atoms with E-state index in [-0.39, 0.29) is 29.3 Å². The lowest BCUT2D eigenvalue weighted by molar-refractivity contribution is -0.118. The van der Waals surface area contributed by atoms with Gasteiger partial charge >= 0.3 is 5.97 Å². The second kappa shape index (κ2) is 10.5. The number of amides is 1. The van der Waals surface area contributed by atoms with Crippen molar-refractivity contribution in [3.63, 3.8) is 0 Å². The molecular weight excluding hydrogens is 446 g/mol. The van der Waals surface area contributed by atoms with Gasteiger partial charge in [-0.2, -0.15) is 0 Å². The Morgan fingerprint density at radius 3 is 2.41 bits per heavy atom. The Morgan fingerprint density at radius 1 is 1.12 bits per heavy atom. The molecule has 5 nitrogen and oxygen atoms in total. The lowest BCUT2D eigenvalue weighted by atomic mass is 9.72. The molecule has 1 unspecified atom stereocenters. The molecule has 0 radical (unpaired) electrons. The molecule has 1 aliphatic rings. The molecule has 1 amide bonds. The van der Waals surface area contributed by atoms with Gasteiger partial charge in [0.05, 0.1) is 12.2 Å². The Kier molecular flexibility index (Phi) is 8.12. The van der Waals surface area contributed by atoms with E-state index in [1.807, 2.05) is 12.1 Å². The molecule has 2 aromatic rings. The third kappa shape index (κ3) is 6.62. The zero-order chi connectivity index (χ0) is 25.1. The Hall–Kier alpha value is -2.34. The van der Waals surface area contributed by atoms with Gasteiger partial charge in [0.25, 0.3) is 5.91 Å². The minimum atomic E-state index is -0.362. The van der Waals surface area contributed by atoms with Crippen molar-refractivity contribution in [3.8, 4) is 5.75 Å². The van der Waals surface area contributed by atoms with Crippen LogP contribution in [0.1, 0.15) is 87.7 Å². The molecule has 3 rings (SSSR count). The quantitative estimate of drug-likeness (QED) is 0.419. The van der Waals surface area contributed by atoms with E-state index in [9.17, 15) is 9.59 Å². The summed E-state index contributed by atoms with van der Waals surface area (Å²) >= 11 is 1.49. The molecular formula is C28H39NO4S. The predicted molar refractivity (Wildman–Crippen MR) is 139 cm³/mol. The van der Waals surface area contributed by atoms with Crippen LogP contribution in [0.15, 0.2) is 24.3 Å². The van der Waals surface area contributed by atoms with Crippen LogP contribution >= 0.6 is 11.3 Å². The lowest BCUT2D eigenvalue weighted by Crippen LogP contribution is -2.24. The number of nitrogens with one attached hydrogen (secondary N) is 1. The van der Waals surface area contributed by atoms with Gasteiger partial charge < -0.3 is 14.8 Å². The van der Waals surface area contributed by atoms with E-state index in [1.54, 1.807) is 6.92 Å². The molecule has 0 saturated carbocycles. The van der Waals surface area contributed by atoms with E-state index in [0.717, 1.165) is 31.2 Å². The number of thiophene rings is 1. The Morgan fingerprint density at radius 2 is 1.79 bits per heavy atom. The SMILES string of the molecule is CCOC(=O)c1c(NC(=O)COc2ccc(C(C)(C)CC(C)(C)C)cc2)sc2c1CCC(C)C2. The number of hydrogen-bond donors (Lipinski definition) is 1. The molecule has 0 saturated heterocycles. The van der Waals surface area contributed by atoms with Gasteiger partial charge in [0, 0.05) is 4.88 Å². The summed E-state index contributed by atoms with van der Waals surface area (Å²) in [5.74, 6) is 0.577. The zero-order valence-corrected chi connectivity index (χ0v) is 22.5. The Bertz CT molecular complexity index is 1010. The first kappa shape index (κ1) is 26.3. The van der Waals surface area contributed by atoms with E-state index >= 15 is 0 Å². The van der Waals surface area contributed by atoms with Crippen molar-refractivity contribution in [2.75, 3.05) is 18.5 Å². The van der Waals surface area contributed by atoms with Crippen LogP contribution in [-0.2, 0) is 27.8 Å². The van der Waals surface area contributed by atoms with E-state index in [4.69, 9.17) is 9.47 Å². The normalized spacial score (nSPS) is 16.0. The highest BCUT2D eigenvalue weighted by molar-refractivity contribution is 7.17. The molecule has 1 aromatic carbocycles. The highest BCUT2D eigenvalue weighted by Crippen LogP contribution is 2.40. The van der Waals surface area contributed by atoms with Crippen LogP contribution in [0.25, 0.3) is 0 Å². The third-order valence-corrected chi connectivity index (χ3v) is 7.39. The number of rotatable bonds is 8. The zero-order valence-electron chi connectivity index (χ0n) is 21.7. The molecule has 1 atom stereocenters. The Balaban J connectivity index is 1.66. The van der Waals surface area contributed by atoms with Gasteiger partial charge in [-0.3, -0.25) is 4.79 Å². The van der Waals surface area contributed by atoms with Crippen molar-refractivity contribution in [2.45, 2.75) is 79.6 Å². The third-order valence-electron chi connectivity index (χ3n) is 6.22. The second-order valence-corrected chi connectivity index (χ2v) is 12.4. The fourth-order valence-corrected chi connectivity index (χ4v) is 6.41. The fraction of sp³-hybridized carbons (Fsp3) is 0.571. The maximum atomic E-state index is 12.7. The maximum Gasteiger partial charge on any atom is 0.341 e. The van der Waals surface area contributed by atoms with Gasteiger partial charge in [-0.1, -0.05) is 53.7 Å². The first-order valence-electron chi connectivity index (χ1n) is 12.2. The lowest BCUT2D eigenvalue weighted by Gasteiger charge is -2.33. The molecule has 1 heterocycles. The Labute approximate surface area is 208 Å². The molecule has 34 heavy (non-hydrogen) atoms. The number of ether oxygens (including phenoxy) is 2. The molecule has 0 aliphatic heterocycles. The number of hydrogen-bond acceptors (Lipinski definition) is 5. The van der Waals surface area contributed by atoms with Gasteiger partial charge in [0.2, 0.25) is 0 Å². The summed E-state index contributed by atoms with van der Waals surface area (Å²) in [6, 6.07) is 7.99. The van der Waals surface area contributed by atoms with Gasteiger partial charge in [-0.15, -0.1) is 11.3 Å².